The number of carboxylic acids is 1. The van der Waals surface area contributed by atoms with E-state index < -0.39 is 5.97 Å². The first-order valence-corrected chi connectivity index (χ1v) is 9.84. The highest BCUT2D eigenvalue weighted by Gasteiger charge is 2.22. The van der Waals surface area contributed by atoms with Crippen molar-refractivity contribution in [2.45, 2.75) is 27.3 Å². The lowest BCUT2D eigenvalue weighted by Crippen LogP contribution is -2.12. The summed E-state index contributed by atoms with van der Waals surface area (Å²) in [4.78, 5) is 20.6. The van der Waals surface area contributed by atoms with Gasteiger partial charge >= 0.3 is 5.97 Å². The molecule has 0 aliphatic heterocycles. The summed E-state index contributed by atoms with van der Waals surface area (Å²) in [5.74, 6) is 0.366. The fourth-order valence-corrected chi connectivity index (χ4v) is 3.31. The summed E-state index contributed by atoms with van der Waals surface area (Å²) in [6.07, 6.45) is 3.25. The average Bonchev–Trinajstić information content (AvgIpc) is 2.99. The maximum Gasteiger partial charge on any atom is 0.354 e. The largest absolute Gasteiger partial charge is 0.492 e. The minimum absolute atomic E-state index is 0.0875. The maximum atomic E-state index is 11.9. The normalized spacial score (nSPS) is 11.1. The van der Waals surface area contributed by atoms with E-state index in [1.807, 2.05) is 0 Å². The first-order valence-electron chi connectivity index (χ1n) is 9.08. The SMILES string of the molecule is Cc1nc(-c2cncc(OCC(C)C)c2)n(Cc2cc(Cl)ccc2Cl)c1C(=O)O. The van der Waals surface area contributed by atoms with E-state index in [1.54, 1.807) is 48.1 Å². The van der Waals surface area contributed by atoms with E-state index >= 15 is 0 Å². The van der Waals surface area contributed by atoms with Gasteiger partial charge in [-0.05, 0) is 42.7 Å². The first kappa shape index (κ1) is 21.1. The smallest absolute Gasteiger partial charge is 0.354 e. The van der Waals surface area contributed by atoms with Crippen molar-refractivity contribution in [3.63, 3.8) is 0 Å². The standard InChI is InChI=1S/C21H21Cl2N3O3/c1-12(2)11-29-17-7-14(8-24-9-17)20-25-13(3)19(21(27)28)26(20)10-15-6-16(22)4-5-18(15)23/h4-9,12H,10-11H2,1-3H3,(H,27,28). The van der Waals surface area contributed by atoms with Crippen LogP contribution < -0.4 is 4.74 Å². The third kappa shape index (κ3) is 4.89. The van der Waals surface area contributed by atoms with Gasteiger partial charge in [-0.1, -0.05) is 37.0 Å². The van der Waals surface area contributed by atoms with Crippen molar-refractivity contribution >= 4 is 29.2 Å². The van der Waals surface area contributed by atoms with Crippen LogP contribution >= 0.6 is 23.2 Å². The van der Waals surface area contributed by atoms with E-state index in [4.69, 9.17) is 27.9 Å². The number of aromatic nitrogens is 3. The van der Waals surface area contributed by atoms with Gasteiger partial charge in [-0.3, -0.25) is 4.98 Å². The highest BCUT2D eigenvalue weighted by molar-refractivity contribution is 6.33. The second-order valence-electron chi connectivity index (χ2n) is 7.11. The van der Waals surface area contributed by atoms with Crippen LogP contribution in [0.1, 0.15) is 35.6 Å². The minimum Gasteiger partial charge on any atom is -0.492 e. The molecule has 0 fully saturated rings. The van der Waals surface area contributed by atoms with Crippen molar-refractivity contribution < 1.29 is 14.6 Å². The number of carboxylic acid groups (broad SMARTS) is 1. The van der Waals surface area contributed by atoms with Crippen molar-refractivity contribution in [3.05, 3.63) is 63.7 Å². The van der Waals surface area contributed by atoms with Gasteiger partial charge in [0, 0.05) is 21.8 Å². The molecule has 29 heavy (non-hydrogen) atoms. The van der Waals surface area contributed by atoms with E-state index in [0.717, 1.165) is 0 Å². The number of aryl methyl sites for hydroxylation is 1. The van der Waals surface area contributed by atoms with Crippen LogP contribution in [0.4, 0.5) is 0 Å². The number of aromatic carboxylic acids is 1. The Kier molecular flexibility index (Phi) is 6.45. The third-order valence-corrected chi connectivity index (χ3v) is 4.84. The van der Waals surface area contributed by atoms with Crippen LogP contribution in [0.5, 0.6) is 5.75 Å². The monoisotopic (exact) mass is 433 g/mol. The summed E-state index contributed by atoms with van der Waals surface area (Å²) in [6, 6.07) is 6.89. The Labute approximate surface area is 179 Å². The molecule has 0 bridgehead atoms. The summed E-state index contributed by atoms with van der Waals surface area (Å²) < 4.78 is 7.36. The number of hydrogen-bond acceptors (Lipinski definition) is 4. The van der Waals surface area contributed by atoms with Crippen LogP contribution in [0, 0.1) is 12.8 Å². The van der Waals surface area contributed by atoms with Gasteiger partial charge in [0.15, 0.2) is 5.69 Å². The molecule has 0 radical (unpaired) electrons. The van der Waals surface area contributed by atoms with Crippen molar-refractivity contribution in [3.8, 4) is 17.1 Å². The molecule has 3 rings (SSSR count). The number of hydrogen-bond donors (Lipinski definition) is 1. The number of ether oxygens (including phenoxy) is 1. The molecule has 0 saturated heterocycles. The van der Waals surface area contributed by atoms with Crippen molar-refractivity contribution in [1.29, 1.82) is 0 Å². The molecule has 0 saturated carbocycles. The number of halogens is 2. The Morgan fingerprint density at radius 1 is 1.24 bits per heavy atom. The van der Waals surface area contributed by atoms with Crippen molar-refractivity contribution in [1.82, 2.24) is 14.5 Å². The number of benzene rings is 1. The van der Waals surface area contributed by atoms with Gasteiger partial charge < -0.3 is 14.4 Å². The lowest BCUT2D eigenvalue weighted by molar-refractivity contribution is 0.0685. The fraction of sp³-hybridized carbons (Fsp3) is 0.286. The Hall–Kier alpha value is -2.57. The molecule has 0 atom stereocenters. The van der Waals surface area contributed by atoms with Crippen molar-refractivity contribution in [2.24, 2.45) is 5.92 Å². The minimum atomic E-state index is -1.07. The van der Waals surface area contributed by atoms with Gasteiger partial charge in [-0.2, -0.15) is 0 Å². The van der Waals surface area contributed by atoms with Gasteiger partial charge in [0.25, 0.3) is 0 Å². The van der Waals surface area contributed by atoms with Gasteiger partial charge in [0.05, 0.1) is 25.0 Å². The van der Waals surface area contributed by atoms with Gasteiger partial charge in [0.2, 0.25) is 0 Å². The lowest BCUT2D eigenvalue weighted by atomic mass is 10.2. The van der Waals surface area contributed by atoms with Crippen LogP contribution in [0.25, 0.3) is 11.4 Å². The molecule has 0 amide bonds. The molecule has 1 N–H and O–H groups in total. The van der Waals surface area contributed by atoms with E-state index in [-0.39, 0.29) is 12.2 Å². The molecule has 3 aromatic rings. The lowest BCUT2D eigenvalue weighted by Gasteiger charge is -2.13. The number of carbonyl (C=O) groups is 1. The second kappa shape index (κ2) is 8.84. The van der Waals surface area contributed by atoms with E-state index in [2.05, 4.69) is 23.8 Å². The molecule has 6 nitrogen and oxygen atoms in total. The van der Waals surface area contributed by atoms with Gasteiger partial charge in [0.1, 0.15) is 11.6 Å². The highest BCUT2D eigenvalue weighted by Crippen LogP contribution is 2.28. The third-order valence-electron chi connectivity index (χ3n) is 4.24. The molecular formula is C21H21Cl2N3O3. The molecule has 8 heteroatoms. The van der Waals surface area contributed by atoms with E-state index in [1.165, 1.54) is 0 Å². The number of nitrogens with zero attached hydrogens (tertiary/aromatic N) is 3. The number of rotatable bonds is 7. The molecule has 1 aromatic carbocycles. The summed E-state index contributed by atoms with van der Waals surface area (Å²) >= 11 is 12.4. The fourth-order valence-electron chi connectivity index (χ4n) is 2.94. The van der Waals surface area contributed by atoms with Gasteiger partial charge in [-0.25, -0.2) is 9.78 Å². The van der Waals surface area contributed by atoms with Gasteiger partial charge in [-0.15, -0.1) is 0 Å². The van der Waals surface area contributed by atoms with Crippen LogP contribution in [0.3, 0.4) is 0 Å². The highest BCUT2D eigenvalue weighted by atomic mass is 35.5. The molecule has 152 valence electrons. The molecule has 0 aliphatic rings. The predicted molar refractivity (Wildman–Crippen MR) is 113 cm³/mol. The zero-order valence-electron chi connectivity index (χ0n) is 16.3. The number of imidazole rings is 1. The Morgan fingerprint density at radius 3 is 2.69 bits per heavy atom. The Morgan fingerprint density at radius 2 is 2.00 bits per heavy atom. The maximum absolute atomic E-state index is 11.9. The molecular weight excluding hydrogens is 413 g/mol. The van der Waals surface area contributed by atoms with E-state index in [9.17, 15) is 9.90 Å². The van der Waals surface area contributed by atoms with E-state index in [0.29, 0.717) is 51.0 Å². The Balaban J connectivity index is 2.08. The van der Waals surface area contributed by atoms with Crippen LogP contribution in [-0.2, 0) is 6.54 Å². The zero-order chi connectivity index (χ0) is 21.1. The van der Waals surface area contributed by atoms with Crippen LogP contribution in [0.15, 0.2) is 36.7 Å². The van der Waals surface area contributed by atoms with Crippen LogP contribution in [0.2, 0.25) is 10.0 Å². The molecule has 2 heterocycles. The summed E-state index contributed by atoms with van der Waals surface area (Å²) in [6.45, 7) is 6.53. The number of pyridine rings is 1. The quantitative estimate of drug-likeness (QED) is 0.543. The summed E-state index contributed by atoms with van der Waals surface area (Å²) in [5.41, 5.74) is 1.84. The molecule has 2 aromatic heterocycles. The average molecular weight is 434 g/mol. The van der Waals surface area contributed by atoms with Crippen LogP contribution in [-0.4, -0.2) is 32.2 Å². The summed E-state index contributed by atoms with van der Waals surface area (Å²) in [7, 11) is 0. The first-order chi connectivity index (χ1) is 13.8. The second-order valence-corrected chi connectivity index (χ2v) is 7.95. The summed E-state index contributed by atoms with van der Waals surface area (Å²) in [5, 5.41) is 10.8. The Bertz CT molecular complexity index is 1050. The molecule has 0 aliphatic carbocycles. The molecule has 0 spiro atoms. The van der Waals surface area contributed by atoms with Crippen molar-refractivity contribution in [2.75, 3.05) is 6.61 Å². The molecule has 0 unspecified atom stereocenters. The topological polar surface area (TPSA) is 77.2 Å². The predicted octanol–water partition coefficient (Wildman–Crippen LogP) is 5.34. The zero-order valence-corrected chi connectivity index (χ0v) is 17.8.